The van der Waals surface area contributed by atoms with Gasteiger partial charge in [-0.05, 0) is 54.6 Å². The second-order valence-corrected chi connectivity index (χ2v) is 11.2. The molecule has 0 bridgehead atoms. The van der Waals surface area contributed by atoms with E-state index in [0.717, 1.165) is 32.0 Å². The average Bonchev–Trinajstić information content (AvgIpc) is 3.24. The number of carboxylic acids is 1. The van der Waals surface area contributed by atoms with Gasteiger partial charge < -0.3 is 24.6 Å². The first kappa shape index (κ1) is 30.1. The van der Waals surface area contributed by atoms with Gasteiger partial charge in [0.15, 0.2) is 0 Å². The fourth-order valence-corrected chi connectivity index (χ4v) is 5.81. The number of carboxylic acid groups (broad SMARTS) is 1. The van der Waals surface area contributed by atoms with Gasteiger partial charge in [0.1, 0.15) is 17.4 Å². The zero-order chi connectivity index (χ0) is 31.3. The number of benzene rings is 2. The molecule has 9 nitrogen and oxygen atoms in total. The SMILES string of the molecule is CN1CC2(C1)CN(c1cc(-c3cc(F)cc(-c4ccc(-n5ccn(C)c5=O)c(Cl)c4)c3O)ccn1)C2.O=C(O)C(F)(F)F. The number of nitrogens with zero attached hydrogens (tertiary/aromatic N) is 5. The average molecular weight is 620 g/mol. The van der Waals surface area contributed by atoms with E-state index in [1.807, 2.05) is 6.07 Å². The van der Waals surface area contributed by atoms with Gasteiger partial charge in [-0.3, -0.25) is 4.57 Å². The number of carbonyl (C=O) groups is 1. The van der Waals surface area contributed by atoms with Gasteiger partial charge in [-0.25, -0.2) is 19.0 Å². The summed E-state index contributed by atoms with van der Waals surface area (Å²) in [4.78, 5) is 30.3. The van der Waals surface area contributed by atoms with Crippen LogP contribution in [-0.2, 0) is 11.8 Å². The third-order valence-corrected chi connectivity index (χ3v) is 7.73. The lowest BCUT2D eigenvalue weighted by Crippen LogP contribution is -2.71. The summed E-state index contributed by atoms with van der Waals surface area (Å²) in [6.07, 6.45) is -0.119. The molecule has 2 fully saturated rings. The lowest BCUT2D eigenvalue weighted by Gasteiger charge is -2.60. The van der Waals surface area contributed by atoms with E-state index in [-0.39, 0.29) is 11.4 Å². The van der Waals surface area contributed by atoms with Crippen molar-refractivity contribution >= 4 is 23.4 Å². The molecule has 6 rings (SSSR count). The summed E-state index contributed by atoms with van der Waals surface area (Å²) in [6.45, 7) is 4.09. The number of likely N-dealkylation sites (tertiary alicyclic amines) is 1. The van der Waals surface area contributed by atoms with Crippen LogP contribution >= 0.6 is 11.6 Å². The summed E-state index contributed by atoms with van der Waals surface area (Å²) in [5.41, 5.74) is 2.56. The zero-order valence-corrected chi connectivity index (χ0v) is 23.7. The first-order valence-corrected chi connectivity index (χ1v) is 13.3. The summed E-state index contributed by atoms with van der Waals surface area (Å²) >= 11 is 6.51. The number of alkyl halides is 3. The minimum absolute atomic E-state index is 0.0463. The summed E-state index contributed by atoms with van der Waals surface area (Å²) in [7, 11) is 3.78. The van der Waals surface area contributed by atoms with Crippen LogP contribution in [0, 0.1) is 11.2 Å². The van der Waals surface area contributed by atoms with Crippen molar-refractivity contribution in [3.8, 4) is 33.7 Å². The van der Waals surface area contributed by atoms with E-state index in [1.54, 1.807) is 49.9 Å². The number of aryl methyl sites for hydroxylation is 1. The number of pyridine rings is 1. The number of aromatic nitrogens is 3. The Morgan fingerprint density at radius 3 is 2.09 bits per heavy atom. The number of phenolic OH excluding ortho intramolecular Hbond substituents is 1. The van der Waals surface area contributed by atoms with Crippen LogP contribution in [0.4, 0.5) is 23.4 Å². The topological polar surface area (TPSA) is 104 Å². The van der Waals surface area contributed by atoms with E-state index in [1.165, 1.54) is 21.3 Å². The van der Waals surface area contributed by atoms with E-state index in [9.17, 15) is 27.5 Å². The third-order valence-electron chi connectivity index (χ3n) is 7.43. The molecule has 2 aromatic carbocycles. The van der Waals surface area contributed by atoms with Crippen LogP contribution in [0.3, 0.4) is 0 Å². The third kappa shape index (κ3) is 5.95. The number of halogens is 5. The molecule has 2 aliphatic heterocycles. The molecule has 0 unspecified atom stereocenters. The Labute approximate surface area is 247 Å². The van der Waals surface area contributed by atoms with Crippen molar-refractivity contribution in [3.63, 3.8) is 0 Å². The van der Waals surface area contributed by atoms with Gasteiger partial charge >= 0.3 is 17.8 Å². The Bertz CT molecular complexity index is 1760. The molecule has 0 atom stereocenters. The Hall–Kier alpha value is -4.36. The van der Waals surface area contributed by atoms with E-state index in [4.69, 9.17) is 21.5 Å². The molecule has 4 aromatic rings. The number of hydrogen-bond donors (Lipinski definition) is 2. The van der Waals surface area contributed by atoms with Crippen molar-refractivity contribution in [1.82, 2.24) is 19.0 Å². The fraction of sp³-hybridized carbons (Fsp3) is 0.276. The molecule has 2 aromatic heterocycles. The van der Waals surface area contributed by atoms with Gasteiger partial charge in [0, 0.05) is 68.4 Å². The van der Waals surface area contributed by atoms with Crippen LogP contribution in [0.25, 0.3) is 27.9 Å². The van der Waals surface area contributed by atoms with Gasteiger partial charge in [-0.2, -0.15) is 13.2 Å². The van der Waals surface area contributed by atoms with Crippen molar-refractivity contribution in [2.24, 2.45) is 12.5 Å². The molecular formula is C29H26ClF4N5O4. The molecule has 1 spiro atoms. The molecule has 0 aliphatic carbocycles. The van der Waals surface area contributed by atoms with Crippen molar-refractivity contribution in [3.05, 3.63) is 82.4 Å². The summed E-state index contributed by atoms with van der Waals surface area (Å²) < 4.78 is 49.4. The largest absolute Gasteiger partial charge is 0.507 e. The molecule has 0 amide bonds. The normalized spacial score (nSPS) is 15.8. The predicted molar refractivity (Wildman–Crippen MR) is 152 cm³/mol. The Balaban J connectivity index is 0.000000472. The number of aliphatic carboxylic acids is 1. The van der Waals surface area contributed by atoms with Crippen LogP contribution < -0.4 is 10.6 Å². The molecule has 2 aliphatic rings. The zero-order valence-electron chi connectivity index (χ0n) is 22.9. The monoisotopic (exact) mass is 619 g/mol. The molecule has 226 valence electrons. The molecule has 2 N–H and O–H groups in total. The Kier molecular flexibility index (Phi) is 7.73. The van der Waals surface area contributed by atoms with E-state index in [0.29, 0.717) is 38.4 Å². The van der Waals surface area contributed by atoms with Crippen LogP contribution in [-0.4, -0.2) is 74.6 Å². The highest BCUT2D eigenvalue weighted by atomic mass is 35.5. The summed E-state index contributed by atoms with van der Waals surface area (Å²) in [5.74, 6) is -2.46. The molecule has 14 heteroatoms. The molecular weight excluding hydrogens is 594 g/mol. The molecule has 43 heavy (non-hydrogen) atoms. The molecule has 0 radical (unpaired) electrons. The maximum absolute atomic E-state index is 14.8. The maximum atomic E-state index is 14.8. The van der Waals surface area contributed by atoms with Crippen LogP contribution in [0.1, 0.15) is 0 Å². The lowest BCUT2D eigenvalue weighted by molar-refractivity contribution is -0.192. The highest BCUT2D eigenvalue weighted by Gasteiger charge is 2.50. The summed E-state index contributed by atoms with van der Waals surface area (Å²) in [5, 5.41) is 18.6. The number of rotatable bonds is 4. The second kappa shape index (κ2) is 11.0. The van der Waals surface area contributed by atoms with Crippen LogP contribution in [0.2, 0.25) is 5.02 Å². The highest BCUT2D eigenvalue weighted by Crippen LogP contribution is 2.43. The van der Waals surface area contributed by atoms with E-state index >= 15 is 0 Å². The van der Waals surface area contributed by atoms with Crippen molar-refractivity contribution in [2.45, 2.75) is 6.18 Å². The number of hydrogen-bond acceptors (Lipinski definition) is 6. The Morgan fingerprint density at radius 2 is 1.58 bits per heavy atom. The van der Waals surface area contributed by atoms with Crippen LogP contribution in [0.5, 0.6) is 5.75 Å². The fourth-order valence-electron chi connectivity index (χ4n) is 5.54. The maximum Gasteiger partial charge on any atom is 0.490 e. The molecule has 2 saturated heterocycles. The predicted octanol–water partition coefficient (Wildman–Crippen LogP) is 4.79. The van der Waals surface area contributed by atoms with Gasteiger partial charge in [0.25, 0.3) is 0 Å². The standard InChI is InChI=1S/C27H25ClFN5O2.C2HF3O2/c1-31-13-27(14-31)15-33(16-27)24-10-18(5-6-30-24)21-12-19(29)11-20(25(21)35)17-3-4-23(22(28)9-17)34-8-7-32(2)26(34)36;3-2(4,5)1(6)7/h3-12,35H,13-16H2,1-2H3;(H,6,7). The number of phenols is 1. The van der Waals surface area contributed by atoms with Gasteiger partial charge in [0.2, 0.25) is 0 Å². The van der Waals surface area contributed by atoms with Crippen molar-refractivity contribution in [2.75, 3.05) is 38.1 Å². The van der Waals surface area contributed by atoms with Crippen molar-refractivity contribution < 1.29 is 32.6 Å². The quantitative estimate of drug-likeness (QED) is 0.317. The second-order valence-electron chi connectivity index (χ2n) is 10.8. The smallest absolute Gasteiger partial charge is 0.490 e. The summed E-state index contributed by atoms with van der Waals surface area (Å²) in [6, 6.07) is 11.3. The van der Waals surface area contributed by atoms with Gasteiger partial charge in [0.05, 0.1) is 10.7 Å². The Morgan fingerprint density at radius 1 is 0.977 bits per heavy atom. The number of imidazole rings is 1. The minimum Gasteiger partial charge on any atom is -0.507 e. The van der Waals surface area contributed by atoms with Crippen LogP contribution in [0.15, 0.2) is 65.8 Å². The first-order valence-electron chi connectivity index (χ1n) is 12.9. The number of aromatic hydroxyl groups is 1. The van der Waals surface area contributed by atoms with Crippen molar-refractivity contribution in [1.29, 1.82) is 0 Å². The highest BCUT2D eigenvalue weighted by molar-refractivity contribution is 6.32. The minimum atomic E-state index is -5.08. The van der Waals surface area contributed by atoms with E-state index in [2.05, 4.69) is 21.8 Å². The molecule has 4 heterocycles. The van der Waals surface area contributed by atoms with Gasteiger partial charge in [-0.15, -0.1) is 0 Å². The lowest BCUT2D eigenvalue weighted by atomic mass is 9.73. The van der Waals surface area contributed by atoms with E-state index < -0.39 is 18.0 Å². The first-order chi connectivity index (χ1) is 20.2. The number of anilines is 1. The molecule has 0 saturated carbocycles. The van der Waals surface area contributed by atoms with Gasteiger partial charge in [-0.1, -0.05) is 17.7 Å².